The maximum atomic E-state index is 12.9. The number of amides is 1. The van der Waals surface area contributed by atoms with E-state index < -0.39 is 0 Å². The maximum Gasteiger partial charge on any atom is 0.274 e. The summed E-state index contributed by atoms with van der Waals surface area (Å²) in [5, 5.41) is 11.7. The predicted molar refractivity (Wildman–Crippen MR) is 117 cm³/mol. The molecule has 0 atom stereocenters. The molecule has 0 saturated carbocycles. The number of aromatic nitrogens is 5. The topological polar surface area (TPSA) is 100 Å². The molecule has 1 aromatic carbocycles. The molecule has 0 aliphatic carbocycles. The monoisotopic (exact) mass is 412 g/mol. The van der Waals surface area contributed by atoms with Crippen molar-refractivity contribution >= 4 is 34.4 Å². The van der Waals surface area contributed by atoms with Crippen LogP contribution in [0.2, 0.25) is 0 Å². The molecule has 1 saturated heterocycles. The first-order valence-corrected chi connectivity index (χ1v) is 10.0. The van der Waals surface area contributed by atoms with Crippen LogP contribution in [-0.4, -0.2) is 62.1 Å². The highest BCUT2D eigenvalue weighted by Crippen LogP contribution is 2.17. The van der Waals surface area contributed by atoms with Crippen LogP contribution in [0.25, 0.3) is 11.0 Å². The minimum atomic E-state index is -0.0982. The molecule has 4 heterocycles. The van der Waals surface area contributed by atoms with Gasteiger partial charge < -0.3 is 15.1 Å². The third-order valence-corrected chi connectivity index (χ3v) is 5.13. The van der Waals surface area contributed by atoms with Crippen LogP contribution in [0.4, 0.5) is 17.5 Å². The first-order valence-electron chi connectivity index (χ1n) is 10.0. The van der Waals surface area contributed by atoms with Gasteiger partial charge in [0.2, 0.25) is 0 Å². The summed E-state index contributed by atoms with van der Waals surface area (Å²) in [5.74, 6) is 2.03. The summed E-state index contributed by atoms with van der Waals surface area (Å²) < 4.78 is 0. The van der Waals surface area contributed by atoms with Gasteiger partial charge in [0, 0.05) is 32.4 Å². The van der Waals surface area contributed by atoms with Crippen molar-refractivity contribution in [2.75, 3.05) is 36.4 Å². The van der Waals surface area contributed by atoms with E-state index in [-0.39, 0.29) is 5.91 Å². The van der Waals surface area contributed by atoms with Crippen LogP contribution in [0, 0.1) is 0 Å². The Morgan fingerprint density at radius 2 is 1.61 bits per heavy atom. The minimum Gasteiger partial charge on any atom is -0.352 e. The van der Waals surface area contributed by atoms with Gasteiger partial charge in [-0.05, 0) is 36.4 Å². The third kappa shape index (κ3) is 4.11. The van der Waals surface area contributed by atoms with E-state index in [0.717, 1.165) is 16.9 Å². The molecule has 1 aliphatic rings. The van der Waals surface area contributed by atoms with E-state index in [9.17, 15) is 4.79 Å². The van der Waals surface area contributed by atoms with Crippen molar-refractivity contribution < 1.29 is 4.79 Å². The predicted octanol–water partition coefficient (Wildman–Crippen LogP) is 2.52. The molecule has 1 aliphatic heterocycles. The SMILES string of the molecule is O=C(c1cnc2ccccc2n1)N1CCN(c2ccc(Nc3ccccn3)nn2)CC1. The number of fused-ring (bicyclic) bond motifs is 1. The molecule has 1 amide bonds. The fourth-order valence-electron chi connectivity index (χ4n) is 3.49. The van der Waals surface area contributed by atoms with Crippen molar-refractivity contribution in [1.29, 1.82) is 0 Å². The number of hydrogen-bond donors (Lipinski definition) is 1. The van der Waals surface area contributed by atoms with E-state index in [4.69, 9.17) is 0 Å². The minimum absolute atomic E-state index is 0.0982. The number of rotatable bonds is 4. The number of piperazine rings is 1. The molecule has 154 valence electrons. The number of nitrogens with zero attached hydrogens (tertiary/aromatic N) is 7. The molecule has 9 nitrogen and oxygen atoms in total. The number of hydrogen-bond acceptors (Lipinski definition) is 8. The van der Waals surface area contributed by atoms with E-state index in [2.05, 4.69) is 35.4 Å². The zero-order chi connectivity index (χ0) is 21.0. The second-order valence-corrected chi connectivity index (χ2v) is 7.14. The van der Waals surface area contributed by atoms with Crippen LogP contribution in [0.5, 0.6) is 0 Å². The molecular formula is C22H20N8O. The highest BCUT2D eigenvalue weighted by Gasteiger charge is 2.24. The Kier molecular flexibility index (Phi) is 5.05. The van der Waals surface area contributed by atoms with E-state index in [1.54, 1.807) is 17.3 Å². The lowest BCUT2D eigenvalue weighted by Crippen LogP contribution is -2.49. The summed E-state index contributed by atoms with van der Waals surface area (Å²) in [7, 11) is 0. The van der Waals surface area contributed by atoms with Crippen LogP contribution in [-0.2, 0) is 0 Å². The Bertz CT molecular complexity index is 1190. The number of carbonyl (C=O) groups is 1. The van der Waals surface area contributed by atoms with E-state index in [0.29, 0.717) is 43.5 Å². The molecule has 31 heavy (non-hydrogen) atoms. The number of benzene rings is 1. The Balaban J connectivity index is 1.21. The number of nitrogens with one attached hydrogen (secondary N) is 1. The summed E-state index contributed by atoms with van der Waals surface area (Å²) in [6.07, 6.45) is 3.27. The van der Waals surface area contributed by atoms with E-state index >= 15 is 0 Å². The Morgan fingerprint density at radius 3 is 2.35 bits per heavy atom. The molecule has 0 bridgehead atoms. The normalized spacial score (nSPS) is 13.9. The summed E-state index contributed by atoms with van der Waals surface area (Å²) in [6.45, 7) is 2.52. The molecule has 3 aromatic heterocycles. The Labute approximate surface area is 178 Å². The maximum absolute atomic E-state index is 12.9. The van der Waals surface area contributed by atoms with Crippen LogP contribution >= 0.6 is 0 Å². The van der Waals surface area contributed by atoms with Gasteiger partial charge in [0.15, 0.2) is 11.6 Å². The van der Waals surface area contributed by atoms with E-state index in [1.807, 2.05) is 54.6 Å². The van der Waals surface area contributed by atoms with Gasteiger partial charge in [-0.1, -0.05) is 18.2 Å². The van der Waals surface area contributed by atoms with Gasteiger partial charge in [-0.25, -0.2) is 9.97 Å². The Hall–Kier alpha value is -4.14. The van der Waals surface area contributed by atoms with Crippen molar-refractivity contribution in [3.05, 3.63) is 72.7 Å². The second-order valence-electron chi connectivity index (χ2n) is 7.14. The number of anilines is 3. The van der Waals surface area contributed by atoms with Gasteiger partial charge in [-0.15, -0.1) is 10.2 Å². The summed E-state index contributed by atoms with van der Waals surface area (Å²) in [4.78, 5) is 29.8. The highest BCUT2D eigenvalue weighted by atomic mass is 16.2. The zero-order valence-electron chi connectivity index (χ0n) is 16.7. The number of para-hydroxylation sites is 2. The molecule has 5 rings (SSSR count). The molecule has 0 unspecified atom stereocenters. The van der Waals surface area contributed by atoms with Crippen molar-refractivity contribution in [1.82, 2.24) is 30.0 Å². The number of carbonyl (C=O) groups excluding carboxylic acids is 1. The quantitative estimate of drug-likeness (QED) is 0.546. The lowest BCUT2D eigenvalue weighted by atomic mass is 10.2. The lowest BCUT2D eigenvalue weighted by Gasteiger charge is -2.35. The highest BCUT2D eigenvalue weighted by molar-refractivity contribution is 5.94. The summed E-state index contributed by atoms with van der Waals surface area (Å²) >= 11 is 0. The molecular weight excluding hydrogens is 392 g/mol. The van der Waals surface area contributed by atoms with Gasteiger partial charge in [-0.2, -0.15) is 0 Å². The number of pyridine rings is 1. The van der Waals surface area contributed by atoms with Crippen molar-refractivity contribution in [2.45, 2.75) is 0 Å². The standard InChI is InChI=1S/C22H20N8O/c31-22(18-15-24-16-5-1-2-6-17(16)25-18)30-13-11-29(12-14-30)21-9-8-20(27-28-21)26-19-7-3-4-10-23-19/h1-10,15H,11-14H2,(H,23,26,27). The fourth-order valence-corrected chi connectivity index (χ4v) is 3.49. The largest absolute Gasteiger partial charge is 0.352 e. The van der Waals surface area contributed by atoms with Gasteiger partial charge in [-0.3, -0.25) is 9.78 Å². The van der Waals surface area contributed by atoms with Crippen LogP contribution in [0.15, 0.2) is 67.0 Å². The molecule has 0 radical (unpaired) electrons. The van der Waals surface area contributed by atoms with Gasteiger partial charge in [0.1, 0.15) is 11.5 Å². The van der Waals surface area contributed by atoms with Crippen LogP contribution < -0.4 is 10.2 Å². The second kappa shape index (κ2) is 8.31. The zero-order valence-corrected chi connectivity index (χ0v) is 16.7. The fraction of sp³-hybridized carbons (Fsp3) is 0.182. The average Bonchev–Trinajstić information content (AvgIpc) is 2.84. The Morgan fingerprint density at radius 1 is 0.806 bits per heavy atom. The molecule has 9 heteroatoms. The smallest absolute Gasteiger partial charge is 0.274 e. The summed E-state index contributed by atoms with van der Waals surface area (Å²) in [5.41, 5.74) is 1.88. The average molecular weight is 412 g/mol. The lowest BCUT2D eigenvalue weighted by molar-refractivity contribution is 0.0740. The van der Waals surface area contributed by atoms with Crippen LogP contribution in [0.1, 0.15) is 10.5 Å². The third-order valence-electron chi connectivity index (χ3n) is 5.13. The summed E-state index contributed by atoms with van der Waals surface area (Å²) in [6, 6.07) is 17.0. The van der Waals surface area contributed by atoms with Gasteiger partial charge >= 0.3 is 0 Å². The van der Waals surface area contributed by atoms with E-state index in [1.165, 1.54) is 0 Å². The van der Waals surface area contributed by atoms with Crippen molar-refractivity contribution in [3.63, 3.8) is 0 Å². The van der Waals surface area contributed by atoms with Crippen LogP contribution in [0.3, 0.4) is 0 Å². The van der Waals surface area contributed by atoms with Crippen molar-refractivity contribution in [2.24, 2.45) is 0 Å². The van der Waals surface area contributed by atoms with Gasteiger partial charge in [0.25, 0.3) is 5.91 Å². The first kappa shape index (κ1) is 18.9. The molecule has 0 spiro atoms. The first-order chi connectivity index (χ1) is 15.3. The molecule has 4 aromatic rings. The van der Waals surface area contributed by atoms with Gasteiger partial charge in [0.05, 0.1) is 17.2 Å². The molecule has 1 fully saturated rings. The molecule has 1 N–H and O–H groups in total. The van der Waals surface area contributed by atoms with Crippen molar-refractivity contribution in [3.8, 4) is 0 Å².